The first-order chi connectivity index (χ1) is 11.7. The van der Waals surface area contributed by atoms with Crippen LogP contribution in [0.25, 0.3) is 0 Å². The Morgan fingerprint density at radius 3 is 1.96 bits per heavy atom. The third kappa shape index (κ3) is 10.3. The van der Waals surface area contributed by atoms with E-state index in [2.05, 4.69) is 14.5 Å². The zero-order chi connectivity index (χ0) is 19.4. The highest BCUT2D eigenvalue weighted by Crippen LogP contribution is 2.18. The molecular weight excluding hydrogens is 377 g/mol. The zero-order valence-electron chi connectivity index (χ0n) is 13.6. The summed E-state index contributed by atoms with van der Waals surface area (Å²) in [6.45, 7) is 3.75. The number of hydrogen-bond acceptors (Lipinski definition) is 7. The number of carbonyl (C=O) groups excluding carboxylic acids is 3. The molecule has 25 heavy (non-hydrogen) atoms. The molecule has 0 unspecified atom stereocenters. The van der Waals surface area contributed by atoms with Crippen molar-refractivity contribution in [1.29, 1.82) is 0 Å². The number of carbonyl (C=O) groups is 4. The molecule has 1 rings (SSSR count). The van der Waals surface area contributed by atoms with E-state index in [1.165, 1.54) is 12.1 Å². The highest BCUT2D eigenvalue weighted by molar-refractivity contribution is 6.35. The molecule has 10 heteroatoms. The van der Waals surface area contributed by atoms with Gasteiger partial charge in [-0.05, 0) is 26.0 Å². The molecule has 1 heterocycles. The number of ketones is 1. The zero-order valence-corrected chi connectivity index (χ0v) is 15.1. The van der Waals surface area contributed by atoms with E-state index in [1.807, 2.05) is 0 Å². The Labute approximate surface area is 154 Å². The van der Waals surface area contributed by atoms with Crippen LogP contribution in [-0.4, -0.2) is 47.0 Å². The molecule has 0 aliphatic carbocycles. The predicted octanol–water partition coefficient (Wildman–Crippen LogP) is 2.55. The highest BCUT2D eigenvalue weighted by atomic mass is 35.5. The first kappa shape index (κ1) is 22.8. The van der Waals surface area contributed by atoms with Crippen molar-refractivity contribution in [3.63, 3.8) is 0 Å². The van der Waals surface area contributed by atoms with Crippen molar-refractivity contribution in [1.82, 2.24) is 4.98 Å². The number of nitrogens with zero attached hydrogens (tertiary/aromatic N) is 1. The number of aliphatic carboxylic acids is 1. The van der Waals surface area contributed by atoms with E-state index in [1.54, 1.807) is 13.8 Å². The second kappa shape index (κ2) is 12.2. The van der Waals surface area contributed by atoms with Crippen LogP contribution >= 0.6 is 23.2 Å². The van der Waals surface area contributed by atoms with Gasteiger partial charge >= 0.3 is 17.9 Å². The van der Waals surface area contributed by atoms with E-state index < -0.39 is 30.1 Å². The summed E-state index contributed by atoms with van der Waals surface area (Å²) in [7, 11) is 0. The van der Waals surface area contributed by atoms with E-state index in [9.17, 15) is 19.2 Å². The molecule has 0 aliphatic rings. The maximum atomic E-state index is 11.6. The van der Waals surface area contributed by atoms with Crippen molar-refractivity contribution in [2.45, 2.75) is 26.7 Å². The normalized spacial score (nSPS) is 9.44. The Bertz CT molecular complexity index is 634. The van der Waals surface area contributed by atoms with Gasteiger partial charge in [0.25, 0.3) is 0 Å². The molecule has 0 spiro atoms. The minimum Gasteiger partial charge on any atom is -0.481 e. The average Bonchev–Trinajstić information content (AvgIpc) is 2.47. The van der Waals surface area contributed by atoms with Gasteiger partial charge in [-0.3, -0.25) is 19.2 Å². The molecule has 1 aromatic rings. The first-order valence-electron chi connectivity index (χ1n) is 7.09. The molecule has 8 nitrogen and oxygen atoms in total. The molecule has 0 bridgehead atoms. The van der Waals surface area contributed by atoms with Gasteiger partial charge < -0.3 is 14.6 Å². The number of ether oxygens (including phenoxy) is 2. The molecule has 0 saturated carbocycles. The standard InChI is InChI=1S/C10H9Cl2NO3.C5H8O4/c1-2-16-9(15)5-7(14)6-3-4-8(11)13-10(6)12;1-2-9-5(8)3-4(6)7/h3-4H,2,5H2,1H3;2-3H2,1H3,(H,6,7). The summed E-state index contributed by atoms with van der Waals surface area (Å²) in [6, 6.07) is 2.87. The minimum atomic E-state index is -1.16. The van der Waals surface area contributed by atoms with Crippen molar-refractivity contribution < 1.29 is 33.8 Å². The molecule has 138 valence electrons. The summed E-state index contributed by atoms with van der Waals surface area (Å²) in [5, 5.41) is 8.19. The van der Waals surface area contributed by atoms with Gasteiger partial charge in [0.15, 0.2) is 5.78 Å². The van der Waals surface area contributed by atoms with Crippen molar-refractivity contribution in [2.75, 3.05) is 13.2 Å². The van der Waals surface area contributed by atoms with E-state index in [4.69, 9.17) is 28.3 Å². The number of carboxylic acids is 1. The number of esters is 2. The van der Waals surface area contributed by atoms with Crippen LogP contribution in [0.5, 0.6) is 0 Å². The number of rotatable bonds is 7. The Morgan fingerprint density at radius 2 is 1.52 bits per heavy atom. The Kier molecular flexibility index (Phi) is 11.1. The summed E-state index contributed by atoms with van der Waals surface area (Å²) in [5.74, 6) is -2.87. The van der Waals surface area contributed by atoms with Crippen LogP contribution in [0, 0.1) is 0 Å². The predicted molar refractivity (Wildman–Crippen MR) is 88.7 cm³/mol. The maximum absolute atomic E-state index is 11.6. The number of Topliss-reactive ketones (excluding diaryl/α,β-unsaturated/α-hetero) is 1. The Morgan fingerprint density at radius 1 is 1.00 bits per heavy atom. The number of aromatic nitrogens is 1. The summed E-state index contributed by atoms with van der Waals surface area (Å²) in [4.78, 5) is 46.4. The third-order valence-corrected chi connectivity index (χ3v) is 2.82. The molecule has 1 aromatic heterocycles. The maximum Gasteiger partial charge on any atom is 0.317 e. The van der Waals surface area contributed by atoms with Crippen molar-refractivity contribution in [3.05, 3.63) is 28.0 Å². The monoisotopic (exact) mass is 393 g/mol. The Balaban J connectivity index is 0.000000547. The molecule has 0 aromatic carbocycles. The largest absolute Gasteiger partial charge is 0.481 e. The van der Waals surface area contributed by atoms with Crippen LogP contribution in [0.2, 0.25) is 10.3 Å². The molecule has 0 atom stereocenters. The van der Waals surface area contributed by atoms with Crippen LogP contribution in [-0.2, 0) is 23.9 Å². The van der Waals surface area contributed by atoms with Gasteiger partial charge in [0.05, 0.1) is 18.8 Å². The fourth-order valence-electron chi connectivity index (χ4n) is 1.39. The van der Waals surface area contributed by atoms with Gasteiger partial charge in [-0.25, -0.2) is 4.98 Å². The van der Waals surface area contributed by atoms with E-state index >= 15 is 0 Å². The molecular formula is C15H17Cl2NO7. The fourth-order valence-corrected chi connectivity index (χ4v) is 1.84. The van der Waals surface area contributed by atoms with Gasteiger partial charge in [0.2, 0.25) is 0 Å². The van der Waals surface area contributed by atoms with Crippen LogP contribution < -0.4 is 0 Å². The topological polar surface area (TPSA) is 120 Å². The molecule has 0 radical (unpaired) electrons. The summed E-state index contributed by atoms with van der Waals surface area (Å²) in [6.07, 6.45) is -0.898. The van der Waals surface area contributed by atoms with Crippen molar-refractivity contribution in [3.8, 4) is 0 Å². The number of pyridine rings is 1. The van der Waals surface area contributed by atoms with E-state index in [0.717, 1.165) is 0 Å². The molecule has 0 amide bonds. The lowest BCUT2D eigenvalue weighted by Gasteiger charge is -2.03. The lowest BCUT2D eigenvalue weighted by atomic mass is 10.1. The second-order valence-corrected chi connectivity index (χ2v) is 5.00. The SMILES string of the molecule is CCOC(=O)CC(=O)O.CCOC(=O)CC(=O)c1ccc(Cl)nc1Cl. The van der Waals surface area contributed by atoms with Gasteiger partial charge in [-0.2, -0.15) is 0 Å². The van der Waals surface area contributed by atoms with Crippen LogP contribution in [0.15, 0.2) is 12.1 Å². The van der Waals surface area contributed by atoms with Crippen molar-refractivity contribution >= 4 is 46.9 Å². The van der Waals surface area contributed by atoms with Gasteiger partial charge in [0, 0.05) is 0 Å². The quantitative estimate of drug-likeness (QED) is 0.324. The van der Waals surface area contributed by atoms with Crippen LogP contribution in [0.3, 0.4) is 0 Å². The first-order valence-corrected chi connectivity index (χ1v) is 7.85. The summed E-state index contributed by atoms with van der Waals surface area (Å²) >= 11 is 11.3. The van der Waals surface area contributed by atoms with E-state index in [-0.39, 0.29) is 35.5 Å². The number of hydrogen-bond donors (Lipinski definition) is 1. The smallest absolute Gasteiger partial charge is 0.317 e. The third-order valence-electron chi connectivity index (χ3n) is 2.33. The molecule has 0 saturated heterocycles. The van der Waals surface area contributed by atoms with Crippen molar-refractivity contribution in [2.24, 2.45) is 0 Å². The molecule has 1 N–H and O–H groups in total. The van der Waals surface area contributed by atoms with Gasteiger partial charge in [0.1, 0.15) is 23.1 Å². The lowest BCUT2D eigenvalue weighted by Crippen LogP contribution is -2.12. The summed E-state index contributed by atoms with van der Waals surface area (Å²) < 4.78 is 8.98. The highest BCUT2D eigenvalue weighted by Gasteiger charge is 2.16. The van der Waals surface area contributed by atoms with Gasteiger partial charge in [-0.1, -0.05) is 23.2 Å². The molecule has 0 fully saturated rings. The fraction of sp³-hybridized carbons (Fsp3) is 0.400. The molecule has 0 aliphatic heterocycles. The number of carboxylic acid groups (broad SMARTS) is 1. The number of halogens is 2. The summed E-state index contributed by atoms with van der Waals surface area (Å²) in [5.41, 5.74) is 0.166. The minimum absolute atomic E-state index is 0.0122. The van der Waals surface area contributed by atoms with Crippen LogP contribution in [0.1, 0.15) is 37.0 Å². The Hall–Kier alpha value is -2.19. The average molecular weight is 394 g/mol. The van der Waals surface area contributed by atoms with Crippen LogP contribution in [0.4, 0.5) is 0 Å². The lowest BCUT2D eigenvalue weighted by molar-refractivity contribution is -0.151. The van der Waals surface area contributed by atoms with Gasteiger partial charge in [-0.15, -0.1) is 0 Å². The second-order valence-electron chi connectivity index (χ2n) is 4.25. The van der Waals surface area contributed by atoms with E-state index in [0.29, 0.717) is 0 Å².